The number of hydrogen-bond donors (Lipinski definition) is 1. The summed E-state index contributed by atoms with van der Waals surface area (Å²) in [4.78, 5) is 15.2. The number of carbonyl (C=O) groups is 1. The van der Waals surface area contributed by atoms with Crippen LogP contribution in [-0.4, -0.2) is 24.7 Å². The number of nitrogens with one attached hydrogen (secondary N) is 1. The molecule has 128 valence electrons. The molecule has 1 aromatic heterocycles. The third-order valence-corrected chi connectivity index (χ3v) is 3.79. The lowest BCUT2D eigenvalue weighted by molar-refractivity contribution is 0.0521. The minimum absolute atomic E-state index is 0.247. The number of fused-ring (bicyclic) bond motifs is 1. The molecule has 1 N–H and O–H groups in total. The molecule has 0 aliphatic carbocycles. The number of H-pyrrole nitrogens is 1. The highest BCUT2D eigenvalue weighted by atomic mass is 35.5. The van der Waals surface area contributed by atoms with E-state index in [4.69, 9.17) is 21.1 Å². The molecule has 0 atom stereocenters. The molecule has 2 aromatic carbocycles. The highest BCUT2D eigenvalue weighted by Crippen LogP contribution is 2.34. The first kappa shape index (κ1) is 17.0. The van der Waals surface area contributed by atoms with Gasteiger partial charge in [-0.2, -0.15) is 5.11 Å². The maximum atomic E-state index is 12.2. The van der Waals surface area contributed by atoms with Crippen LogP contribution in [0.1, 0.15) is 17.4 Å². The van der Waals surface area contributed by atoms with E-state index in [1.807, 2.05) is 0 Å². The molecule has 1 heterocycles. The summed E-state index contributed by atoms with van der Waals surface area (Å²) < 4.78 is 10.2. The van der Waals surface area contributed by atoms with E-state index in [1.165, 1.54) is 0 Å². The van der Waals surface area contributed by atoms with E-state index < -0.39 is 5.97 Å². The molecular weight excluding hydrogens is 342 g/mol. The molecule has 0 fully saturated rings. The summed E-state index contributed by atoms with van der Waals surface area (Å²) in [5.74, 6) is 0.239. The molecule has 3 aromatic rings. The molecule has 0 bridgehead atoms. The van der Waals surface area contributed by atoms with Gasteiger partial charge in [0.15, 0.2) is 5.69 Å². The fourth-order valence-electron chi connectivity index (χ4n) is 2.36. The molecular formula is C18H16ClN3O3. The fourth-order valence-corrected chi connectivity index (χ4v) is 2.53. The van der Waals surface area contributed by atoms with Gasteiger partial charge in [0.25, 0.3) is 0 Å². The molecule has 0 aliphatic heterocycles. The zero-order chi connectivity index (χ0) is 17.8. The van der Waals surface area contributed by atoms with Gasteiger partial charge in [-0.15, -0.1) is 5.11 Å². The molecule has 0 aliphatic rings. The van der Waals surface area contributed by atoms with Crippen LogP contribution in [0, 0.1) is 0 Å². The molecule has 0 saturated heterocycles. The minimum atomic E-state index is -0.487. The number of nitrogens with zero attached hydrogens (tertiary/aromatic N) is 2. The highest BCUT2D eigenvalue weighted by Gasteiger charge is 2.19. The maximum Gasteiger partial charge on any atom is 0.357 e. The van der Waals surface area contributed by atoms with E-state index in [0.29, 0.717) is 21.8 Å². The number of methoxy groups -OCH3 is 1. The number of esters is 1. The summed E-state index contributed by atoms with van der Waals surface area (Å²) in [5.41, 5.74) is 2.01. The van der Waals surface area contributed by atoms with Crippen LogP contribution in [0.25, 0.3) is 10.9 Å². The van der Waals surface area contributed by atoms with Crippen LogP contribution in [-0.2, 0) is 4.74 Å². The van der Waals surface area contributed by atoms with Gasteiger partial charge < -0.3 is 14.5 Å². The molecule has 0 amide bonds. The maximum absolute atomic E-state index is 12.2. The number of azo groups is 1. The monoisotopic (exact) mass is 357 g/mol. The van der Waals surface area contributed by atoms with Crippen molar-refractivity contribution in [2.45, 2.75) is 6.92 Å². The van der Waals surface area contributed by atoms with Crippen molar-refractivity contribution in [2.75, 3.05) is 13.7 Å². The molecule has 0 spiro atoms. The van der Waals surface area contributed by atoms with E-state index in [1.54, 1.807) is 56.5 Å². The predicted molar refractivity (Wildman–Crippen MR) is 96.4 cm³/mol. The Morgan fingerprint density at radius 1 is 1.16 bits per heavy atom. The second kappa shape index (κ2) is 7.36. The molecule has 0 saturated carbocycles. The standard InChI is InChI=1S/C18H16ClN3O3/c1-3-25-18(23)17-16(14-10-11(19)4-9-15(14)20-17)22-21-12-5-7-13(24-2)8-6-12/h4-10,20H,3H2,1-2H3. The fraction of sp³-hybridized carbons (Fsp3) is 0.167. The van der Waals surface area contributed by atoms with Crippen molar-refractivity contribution in [3.63, 3.8) is 0 Å². The number of ether oxygens (including phenoxy) is 2. The zero-order valence-electron chi connectivity index (χ0n) is 13.7. The predicted octanol–water partition coefficient (Wildman–Crippen LogP) is 5.42. The summed E-state index contributed by atoms with van der Waals surface area (Å²) in [6.07, 6.45) is 0. The largest absolute Gasteiger partial charge is 0.497 e. The third-order valence-electron chi connectivity index (χ3n) is 3.55. The van der Waals surface area contributed by atoms with Gasteiger partial charge in [0, 0.05) is 15.9 Å². The van der Waals surface area contributed by atoms with E-state index >= 15 is 0 Å². The number of rotatable bonds is 5. The summed E-state index contributed by atoms with van der Waals surface area (Å²) in [6, 6.07) is 12.4. The van der Waals surface area contributed by atoms with Gasteiger partial charge >= 0.3 is 5.97 Å². The van der Waals surface area contributed by atoms with Gasteiger partial charge in [-0.3, -0.25) is 0 Å². The van der Waals surface area contributed by atoms with Crippen LogP contribution in [0.2, 0.25) is 5.02 Å². The normalized spacial score (nSPS) is 11.2. The van der Waals surface area contributed by atoms with Gasteiger partial charge in [-0.25, -0.2) is 4.79 Å². The van der Waals surface area contributed by atoms with E-state index in [9.17, 15) is 4.79 Å². The van der Waals surface area contributed by atoms with Crippen molar-refractivity contribution in [2.24, 2.45) is 10.2 Å². The average molecular weight is 358 g/mol. The summed E-state index contributed by atoms with van der Waals surface area (Å²) in [6.45, 7) is 2.01. The molecule has 7 heteroatoms. The van der Waals surface area contributed by atoms with Crippen LogP contribution in [0.3, 0.4) is 0 Å². The first-order valence-corrected chi connectivity index (χ1v) is 8.04. The summed E-state index contributed by atoms with van der Waals surface area (Å²) in [7, 11) is 1.60. The lowest BCUT2D eigenvalue weighted by Crippen LogP contribution is -2.04. The zero-order valence-corrected chi connectivity index (χ0v) is 14.5. The van der Waals surface area contributed by atoms with Gasteiger partial charge in [0.05, 0.1) is 19.4 Å². The minimum Gasteiger partial charge on any atom is -0.497 e. The Labute approximate surface area is 149 Å². The quantitative estimate of drug-likeness (QED) is 0.489. The number of halogens is 1. The van der Waals surface area contributed by atoms with Crippen molar-refractivity contribution >= 4 is 39.8 Å². The third kappa shape index (κ3) is 3.64. The first-order chi connectivity index (χ1) is 12.1. The van der Waals surface area contributed by atoms with E-state index in [2.05, 4.69) is 15.2 Å². The highest BCUT2D eigenvalue weighted by molar-refractivity contribution is 6.31. The smallest absolute Gasteiger partial charge is 0.357 e. The Kier molecular flexibility index (Phi) is 5.00. The van der Waals surface area contributed by atoms with Crippen LogP contribution in [0.4, 0.5) is 11.4 Å². The number of aromatic amines is 1. The van der Waals surface area contributed by atoms with Crippen molar-refractivity contribution in [1.82, 2.24) is 4.98 Å². The van der Waals surface area contributed by atoms with Crippen molar-refractivity contribution in [1.29, 1.82) is 0 Å². The summed E-state index contributed by atoms with van der Waals surface area (Å²) in [5, 5.41) is 9.71. The van der Waals surface area contributed by atoms with Crippen LogP contribution < -0.4 is 4.74 Å². The van der Waals surface area contributed by atoms with Crippen LogP contribution in [0.15, 0.2) is 52.7 Å². The van der Waals surface area contributed by atoms with Gasteiger partial charge in [0.2, 0.25) is 0 Å². The van der Waals surface area contributed by atoms with Crippen LogP contribution in [0.5, 0.6) is 5.75 Å². The lowest BCUT2D eigenvalue weighted by atomic mass is 10.2. The second-order valence-corrected chi connectivity index (χ2v) is 5.59. The average Bonchev–Trinajstić information content (AvgIpc) is 2.98. The van der Waals surface area contributed by atoms with Crippen molar-refractivity contribution in [3.8, 4) is 5.75 Å². The SMILES string of the molecule is CCOC(=O)c1[nH]c2ccc(Cl)cc2c1N=Nc1ccc(OC)cc1. The number of benzene rings is 2. The molecule has 6 nitrogen and oxygen atoms in total. The van der Waals surface area contributed by atoms with Gasteiger partial charge in [-0.05, 0) is 49.4 Å². The van der Waals surface area contributed by atoms with Gasteiger partial charge in [0.1, 0.15) is 11.4 Å². The summed E-state index contributed by atoms with van der Waals surface area (Å²) >= 11 is 6.07. The number of hydrogen-bond acceptors (Lipinski definition) is 5. The molecule has 25 heavy (non-hydrogen) atoms. The molecule has 3 rings (SSSR count). The van der Waals surface area contributed by atoms with Gasteiger partial charge in [-0.1, -0.05) is 11.6 Å². The van der Waals surface area contributed by atoms with Crippen molar-refractivity contribution < 1.29 is 14.3 Å². The Hall–Kier alpha value is -2.86. The Morgan fingerprint density at radius 3 is 2.60 bits per heavy atom. The Balaban J connectivity index is 2.05. The first-order valence-electron chi connectivity index (χ1n) is 7.66. The number of aromatic nitrogens is 1. The van der Waals surface area contributed by atoms with E-state index in [-0.39, 0.29) is 12.3 Å². The Morgan fingerprint density at radius 2 is 1.92 bits per heavy atom. The molecule has 0 unspecified atom stereocenters. The van der Waals surface area contributed by atoms with E-state index in [0.717, 1.165) is 11.3 Å². The molecule has 0 radical (unpaired) electrons. The topological polar surface area (TPSA) is 76.0 Å². The van der Waals surface area contributed by atoms with Crippen LogP contribution >= 0.6 is 11.6 Å². The second-order valence-electron chi connectivity index (χ2n) is 5.16. The van der Waals surface area contributed by atoms with Crippen molar-refractivity contribution in [3.05, 3.63) is 53.2 Å². The Bertz CT molecular complexity index is 933. The number of carbonyl (C=O) groups excluding carboxylic acids is 1. The lowest BCUT2D eigenvalue weighted by Gasteiger charge is -2.00.